The average Bonchev–Trinajstić information content (AvgIpc) is 2.39. The van der Waals surface area contributed by atoms with Crippen molar-refractivity contribution in [3.05, 3.63) is 28.2 Å². The molecule has 0 N–H and O–H groups in total. The molecule has 1 rings (SSSR count). The first-order chi connectivity index (χ1) is 8.63. The Morgan fingerprint density at radius 3 is 2.67 bits per heavy atom. The van der Waals surface area contributed by atoms with Gasteiger partial charge in [0.1, 0.15) is 11.9 Å². The van der Waals surface area contributed by atoms with E-state index in [1.54, 1.807) is 7.11 Å². The number of rotatable bonds is 7. The van der Waals surface area contributed by atoms with Crippen LogP contribution < -0.4 is 4.74 Å². The summed E-state index contributed by atoms with van der Waals surface area (Å²) < 4.78 is 11.9. The number of carbonyl (C=O) groups excluding carboxylic acids is 1. The summed E-state index contributed by atoms with van der Waals surface area (Å²) in [5.74, 6) is 0.751. The lowest BCUT2D eigenvalue weighted by Gasteiger charge is -2.19. The van der Waals surface area contributed by atoms with Gasteiger partial charge in [-0.25, -0.2) is 0 Å². The van der Waals surface area contributed by atoms with Crippen molar-refractivity contribution in [3.63, 3.8) is 0 Å². The van der Waals surface area contributed by atoms with E-state index in [1.807, 2.05) is 32.0 Å². The molecule has 18 heavy (non-hydrogen) atoms. The van der Waals surface area contributed by atoms with Crippen molar-refractivity contribution < 1.29 is 14.3 Å². The van der Waals surface area contributed by atoms with Gasteiger partial charge in [-0.1, -0.05) is 29.8 Å². The zero-order valence-electron chi connectivity index (χ0n) is 11.0. The van der Waals surface area contributed by atoms with Crippen molar-refractivity contribution in [3.8, 4) is 5.75 Å². The predicted molar refractivity (Wildman–Crippen MR) is 75.0 cm³/mol. The lowest BCUT2D eigenvalue weighted by atomic mass is 10.0. The number of ketones is 1. The molecular weight excluding hydrogens is 296 g/mol. The van der Waals surface area contributed by atoms with Crippen molar-refractivity contribution >= 4 is 21.7 Å². The molecule has 0 aliphatic rings. The maximum Gasteiger partial charge on any atom is 0.165 e. The Balaban J connectivity index is 3.10. The highest BCUT2D eigenvalue weighted by Crippen LogP contribution is 2.31. The number of hydrogen-bond donors (Lipinski definition) is 0. The second kappa shape index (κ2) is 7.54. The van der Waals surface area contributed by atoms with Crippen LogP contribution in [-0.4, -0.2) is 19.5 Å². The van der Waals surface area contributed by atoms with Crippen LogP contribution in [0.15, 0.2) is 22.7 Å². The zero-order chi connectivity index (χ0) is 13.5. The molecule has 0 saturated carbocycles. The van der Waals surface area contributed by atoms with Gasteiger partial charge in [0.15, 0.2) is 5.78 Å². The van der Waals surface area contributed by atoms with Crippen molar-refractivity contribution in [2.45, 2.75) is 32.8 Å². The average molecular weight is 315 g/mol. The van der Waals surface area contributed by atoms with E-state index >= 15 is 0 Å². The highest BCUT2D eigenvalue weighted by molar-refractivity contribution is 9.10. The molecule has 0 aliphatic carbocycles. The molecule has 0 saturated heterocycles. The van der Waals surface area contributed by atoms with Crippen LogP contribution in [0.5, 0.6) is 5.75 Å². The quantitative estimate of drug-likeness (QED) is 0.765. The lowest BCUT2D eigenvalue weighted by molar-refractivity contribution is -0.130. The Morgan fingerprint density at radius 1 is 1.39 bits per heavy atom. The van der Waals surface area contributed by atoms with Crippen molar-refractivity contribution in [1.82, 2.24) is 0 Å². The fourth-order valence-corrected chi connectivity index (χ4v) is 2.07. The molecule has 3 nitrogen and oxygen atoms in total. The molecule has 0 heterocycles. The molecule has 0 fully saturated rings. The molecule has 1 unspecified atom stereocenters. The van der Waals surface area contributed by atoms with E-state index in [9.17, 15) is 4.79 Å². The summed E-state index contributed by atoms with van der Waals surface area (Å²) in [6.07, 6.45) is 0.788. The van der Waals surface area contributed by atoms with Crippen LogP contribution in [0.1, 0.15) is 38.4 Å². The minimum Gasteiger partial charge on any atom is -0.496 e. The van der Waals surface area contributed by atoms with Gasteiger partial charge in [-0.05, 0) is 24.6 Å². The van der Waals surface area contributed by atoms with Crippen molar-refractivity contribution in [2.24, 2.45) is 0 Å². The third kappa shape index (κ3) is 3.82. The third-order valence-electron chi connectivity index (χ3n) is 2.60. The molecule has 0 amide bonds. The van der Waals surface area contributed by atoms with Crippen LogP contribution >= 0.6 is 15.9 Å². The summed E-state index contributed by atoms with van der Waals surface area (Å²) in [5, 5.41) is 0. The maximum atomic E-state index is 12.0. The summed E-state index contributed by atoms with van der Waals surface area (Å²) in [6.45, 7) is 4.42. The summed E-state index contributed by atoms with van der Waals surface area (Å²) in [4.78, 5) is 12.0. The minimum atomic E-state index is -0.539. The van der Waals surface area contributed by atoms with Gasteiger partial charge in [0.05, 0.1) is 7.11 Å². The number of ether oxygens (including phenoxy) is 2. The molecule has 1 aromatic carbocycles. The van der Waals surface area contributed by atoms with Crippen LogP contribution in [0.4, 0.5) is 0 Å². The Kier molecular flexibility index (Phi) is 6.36. The molecule has 1 atom stereocenters. The molecular formula is C14H19BrO3. The van der Waals surface area contributed by atoms with Gasteiger partial charge < -0.3 is 9.47 Å². The number of carbonyl (C=O) groups is 1. The van der Waals surface area contributed by atoms with Gasteiger partial charge >= 0.3 is 0 Å². The largest absolute Gasteiger partial charge is 0.496 e. The van der Waals surface area contributed by atoms with Gasteiger partial charge in [0.2, 0.25) is 0 Å². The third-order valence-corrected chi connectivity index (χ3v) is 3.10. The predicted octanol–water partition coefficient (Wildman–Crippen LogP) is 3.90. The highest BCUT2D eigenvalue weighted by Gasteiger charge is 2.23. The Morgan fingerprint density at radius 2 is 2.11 bits per heavy atom. The maximum absolute atomic E-state index is 12.0. The fourth-order valence-electron chi connectivity index (χ4n) is 1.69. The SMILES string of the molecule is CCCOC(C(=O)CC)c1cc(Br)ccc1OC. The van der Waals surface area contributed by atoms with Gasteiger partial charge in [-0.3, -0.25) is 4.79 Å². The first-order valence-corrected chi connectivity index (χ1v) is 6.91. The van der Waals surface area contributed by atoms with E-state index in [0.717, 1.165) is 16.5 Å². The zero-order valence-corrected chi connectivity index (χ0v) is 12.6. The summed E-state index contributed by atoms with van der Waals surface area (Å²) in [7, 11) is 1.60. The van der Waals surface area contributed by atoms with E-state index in [-0.39, 0.29) is 5.78 Å². The summed E-state index contributed by atoms with van der Waals surface area (Å²) >= 11 is 3.41. The topological polar surface area (TPSA) is 35.5 Å². The van der Waals surface area contributed by atoms with Crippen LogP contribution in [0, 0.1) is 0 Å². The molecule has 0 aliphatic heterocycles. The smallest absolute Gasteiger partial charge is 0.165 e. The van der Waals surface area contributed by atoms with Gasteiger partial charge in [0, 0.05) is 23.1 Å². The second-order valence-corrected chi connectivity index (χ2v) is 4.87. The molecule has 4 heteroatoms. The van der Waals surface area contributed by atoms with Gasteiger partial charge in [0.25, 0.3) is 0 Å². The first kappa shape index (κ1) is 15.2. The van der Waals surface area contributed by atoms with E-state index in [0.29, 0.717) is 18.8 Å². The molecule has 0 spiro atoms. The number of halogens is 1. The van der Waals surface area contributed by atoms with Gasteiger partial charge in [-0.2, -0.15) is 0 Å². The van der Waals surface area contributed by atoms with Crippen molar-refractivity contribution in [2.75, 3.05) is 13.7 Å². The number of benzene rings is 1. The van der Waals surface area contributed by atoms with Crippen LogP contribution in [0.3, 0.4) is 0 Å². The minimum absolute atomic E-state index is 0.0693. The Hall–Kier alpha value is -0.870. The number of hydrogen-bond acceptors (Lipinski definition) is 3. The summed E-state index contributed by atoms with van der Waals surface area (Å²) in [6, 6.07) is 5.60. The first-order valence-electron chi connectivity index (χ1n) is 6.11. The fraction of sp³-hybridized carbons (Fsp3) is 0.500. The highest BCUT2D eigenvalue weighted by atomic mass is 79.9. The van der Waals surface area contributed by atoms with Gasteiger partial charge in [-0.15, -0.1) is 0 Å². The molecule has 0 bridgehead atoms. The Bertz CT molecular complexity index is 404. The Labute approximate surface area is 117 Å². The normalized spacial score (nSPS) is 12.2. The molecule has 0 aromatic heterocycles. The van der Waals surface area contributed by atoms with E-state index < -0.39 is 6.10 Å². The molecule has 0 radical (unpaired) electrons. The molecule has 100 valence electrons. The van der Waals surface area contributed by atoms with E-state index in [1.165, 1.54) is 0 Å². The lowest BCUT2D eigenvalue weighted by Crippen LogP contribution is -2.16. The van der Waals surface area contributed by atoms with Crippen LogP contribution in [0.25, 0.3) is 0 Å². The van der Waals surface area contributed by atoms with E-state index in [2.05, 4.69) is 15.9 Å². The number of methoxy groups -OCH3 is 1. The van der Waals surface area contributed by atoms with Crippen LogP contribution in [-0.2, 0) is 9.53 Å². The van der Waals surface area contributed by atoms with E-state index in [4.69, 9.17) is 9.47 Å². The second-order valence-electron chi connectivity index (χ2n) is 3.96. The standard InChI is InChI=1S/C14H19BrO3/c1-4-8-18-14(12(16)5-2)11-9-10(15)6-7-13(11)17-3/h6-7,9,14H,4-5,8H2,1-3H3. The van der Waals surface area contributed by atoms with Crippen LogP contribution in [0.2, 0.25) is 0 Å². The number of Topliss-reactive ketones (excluding diaryl/α,β-unsaturated/α-hetero) is 1. The summed E-state index contributed by atoms with van der Waals surface area (Å²) in [5.41, 5.74) is 0.784. The monoisotopic (exact) mass is 314 g/mol. The molecule has 1 aromatic rings. The van der Waals surface area contributed by atoms with Crippen molar-refractivity contribution in [1.29, 1.82) is 0 Å².